The van der Waals surface area contributed by atoms with Crippen molar-refractivity contribution in [1.29, 1.82) is 0 Å². The maximum absolute atomic E-state index is 6.18. The predicted molar refractivity (Wildman–Crippen MR) is 119 cm³/mol. The number of aromatic nitrogens is 2. The number of nitrogens with zero attached hydrogens (tertiary/aromatic N) is 2. The van der Waals surface area contributed by atoms with Crippen molar-refractivity contribution in [3.8, 4) is 17.1 Å². The van der Waals surface area contributed by atoms with E-state index in [0.29, 0.717) is 12.5 Å². The van der Waals surface area contributed by atoms with Crippen LogP contribution >= 0.6 is 15.9 Å². The average molecular weight is 435 g/mol. The van der Waals surface area contributed by atoms with Crippen LogP contribution in [0.3, 0.4) is 0 Å². The lowest BCUT2D eigenvalue weighted by molar-refractivity contribution is 0.297. The molecule has 0 amide bonds. The molecule has 0 saturated carbocycles. The smallest absolute Gasteiger partial charge is 0.141 e. The fourth-order valence-electron chi connectivity index (χ4n) is 3.49. The topological polar surface area (TPSA) is 27.1 Å². The minimum Gasteiger partial charge on any atom is -0.491 e. The molecule has 3 nitrogen and oxygen atoms in total. The van der Waals surface area contributed by atoms with Crippen molar-refractivity contribution < 1.29 is 4.74 Å². The normalized spacial score (nSPS) is 11.3. The van der Waals surface area contributed by atoms with Gasteiger partial charge in [0.15, 0.2) is 0 Å². The third kappa shape index (κ3) is 3.83. The molecular weight excluding hydrogens is 412 g/mol. The van der Waals surface area contributed by atoms with Gasteiger partial charge in [0.1, 0.15) is 18.2 Å². The fourth-order valence-corrected chi connectivity index (χ4v) is 3.88. The highest BCUT2D eigenvalue weighted by Crippen LogP contribution is 2.28. The maximum atomic E-state index is 6.18. The molecule has 0 radical (unpaired) electrons. The average Bonchev–Trinajstić information content (AvgIpc) is 3.07. The number of imidazole rings is 1. The van der Waals surface area contributed by atoms with E-state index in [4.69, 9.17) is 9.72 Å². The van der Waals surface area contributed by atoms with Gasteiger partial charge >= 0.3 is 0 Å². The molecule has 28 heavy (non-hydrogen) atoms. The number of para-hydroxylation sites is 3. The molecule has 1 aromatic heterocycles. The van der Waals surface area contributed by atoms with E-state index in [-0.39, 0.29) is 0 Å². The summed E-state index contributed by atoms with van der Waals surface area (Å²) in [6.45, 7) is 5.70. The third-order valence-electron chi connectivity index (χ3n) is 4.85. The Morgan fingerprint density at radius 2 is 1.75 bits per heavy atom. The van der Waals surface area contributed by atoms with Crippen LogP contribution in [0.4, 0.5) is 0 Å². The highest BCUT2D eigenvalue weighted by atomic mass is 79.9. The molecule has 1 heterocycles. The Labute approximate surface area is 174 Å². The lowest BCUT2D eigenvalue weighted by Crippen LogP contribution is -2.10. The van der Waals surface area contributed by atoms with Gasteiger partial charge in [-0.25, -0.2) is 4.98 Å². The Balaban J connectivity index is 1.64. The zero-order valence-electron chi connectivity index (χ0n) is 16.1. The zero-order valence-corrected chi connectivity index (χ0v) is 17.7. The van der Waals surface area contributed by atoms with Crippen LogP contribution in [0.5, 0.6) is 5.75 Å². The molecule has 0 N–H and O–H groups in total. The summed E-state index contributed by atoms with van der Waals surface area (Å²) in [5, 5.41) is 0. The van der Waals surface area contributed by atoms with Gasteiger partial charge in [-0.3, -0.25) is 0 Å². The number of ether oxygens (including phenoxy) is 1. The van der Waals surface area contributed by atoms with Crippen molar-refractivity contribution in [3.05, 3.63) is 82.8 Å². The Kier molecular flexibility index (Phi) is 5.49. The molecule has 0 aliphatic rings. The summed E-state index contributed by atoms with van der Waals surface area (Å²) < 4.78 is 9.47. The standard InChI is InChI=1S/C24H23BrN2O/c1-17(2)20-10-3-6-13-23(20)28-15-14-27-22-12-5-4-11-21(22)26-24(27)18-8-7-9-19(25)16-18/h3-13,16-17H,14-15H2,1-2H3. The number of rotatable bonds is 6. The molecule has 0 aliphatic heterocycles. The van der Waals surface area contributed by atoms with Crippen LogP contribution in [-0.2, 0) is 6.54 Å². The van der Waals surface area contributed by atoms with Crippen LogP contribution in [-0.4, -0.2) is 16.2 Å². The second kappa shape index (κ2) is 8.19. The molecule has 0 unspecified atom stereocenters. The van der Waals surface area contributed by atoms with E-state index in [1.165, 1.54) is 5.56 Å². The van der Waals surface area contributed by atoms with Gasteiger partial charge < -0.3 is 9.30 Å². The third-order valence-corrected chi connectivity index (χ3v) is 5.34. The van der Waals surface area contributed by atoms with Crippen LogP contribution in [0.2, 0.25) is 0 Å². The quantitative estimate of drug-likeness (QED) is 0.338. The molecule has 3 aromatic carbocycles. The lowest BCUT2D eigenvalue weighted by Gasteiger charge is -2.15. The molecule has 4 heteroatoms. The molecule has 4 rings (SSSR count). The fraction of sp³-hybridized carbons (Fsp3) is 0.208. The Morgan fingerprint density at radius 1 is 0.964 bits per heavy atom. The Morgan fingerprint density at radius 3 is 2.57 bits per heavy atom. The second-order valence-corrected chi connectivity index (χ2v) is 8.04. The van der Waals surface area contributed by atoms with Crippen LogP contribution in [0, 0.1) is 0 Å². The van der Waals surface area contributed by atoms with Gasteiger partial charge in [-0.05, 0) is 41.8 Å². The summed E-state index contributed by atoms with van der Waals surface area (Å²) in [4.78, 5) is 4.88. The zero-order chi connectivity index (χ0) is 19.5. The molecule has 0 fully saturated rings. The van der Waals surface area contributed by atoms with Gasteiger partial charge in [-0.2, -0.15) is 0 Å². The molecule has 4 aromatic rings. The van der Waals surface area contributed by atoms with Crippen molar-refractivity contribution in [2.24, 2.45) is 0 Å². The number of benzene rings is 3. The van der Waals surface area contributed by atoms with Crippen LogP contribution < -0.4 is 4.74 Å². The first kappa shape index (κ1) is 18.8. The van der Waals surface area contributed by atoms with Crippen molar-refractivity contribution >= 4 is 27.0 Å². The lowest BCUT2D eigenvalue weighted by atomic mass is 10.0. The summed E-state index contributed by atoms with van der Waals surface area (Å²) in [5.41, 5.74) is 4.46. The van der Waals surface area contributed by atoms with Crippen LogP contribution in [0.1, 0.15) is 25.3 Å². The summed E-state index contributed by atoms with van der Waals surface area (Å²) in [7, 11) is 0. The van der Waals surface area contributed by atoms with Crippen molar-refractivity contribution in [3.63, 3.8) is 0 Å². The monoisotopic (exact) mass is 434 g/mol. The van der Waals surface area contributed by atoms with Gasteiger partial charge in [-0.15, -0.1) is 0 Å². The maximum Gasteiger partial charge on any atom is 0.141 e. The number of hydrogen-bond donors (Lipinski definition) is 0. The molecular formula is C24H23BrN2O. The summed E-state index contributed by atoms with van der Waals surface area (Å²) in [6.07, 6.45) is 0. The first-order valence-electron chi connectivity index (χ1n) is 9.56. The highest BCUT2D eigenvalue weighted by Gasteiger charge is 2.13. The van der Waals surface area contributed by atoms with Gasteiger partial charge in [-0.1, -0.05) is 72.2 Å². The first-order chi connectivity index (χ1) is 13.6. The van der Waals surface area contributed by atoms with E-state index in [0.717, 1.165) is 39.2 Å². The van der Waals surface area contributed by atoms with E-state index < -0.39 is 0 Å². The van der Waals surface area contributed by atoms with Crippen LogP contribution in [0.15, 0.2) is 77.3 Å². The molecule has 0 spiro atoms. The second-order valence-electron chi connectivity index (χ2n) is 7.13. The minimum atomic E-state index is 0.433. The Bertz CT molecular complexity index is 1100. The molecule has 0 atom stereocenters. The SMILES string of the molecule is CC(C)c1ccccc1OCCn1c(-c2cccc(Br)c2)nc2ccccc21. The number of halogens is 1. The minimum absolute atomic E-state index is 0.433. The van der Waals surface area contributed by atoms with Gasteiger partial charge in [0, 0.05) is 10.0 Å². The largest absolute Gasteiger partial charge is 0.491 e. The van der Waals surface area contributed by atoms with E-state index in [2.05, 4.69) is 82.9 Å². The number of hydrogen-bond acceptors (Lipinski definition) is 2. The van der Waals surface area contributed by atoms with E-state index >= 15 is 0 Å². The van der Waals surface area contributed by atoms with Crippen molar-refractivity contribution in [2.75, 3.05) is 6.61 Å². The van der Waals surface area contributed by atoms with Crippen LogP contribution in [0.25, 0.3) is 22.4 Å². The van der Waals surface area contributed by atoms with Gasteiger partial charge in [0.2, 0.25) is 0 Å². The molecule has 0 aliphatic carbocycles. The first-order valence-corrected chi connectivity index (χ1v) is 10.4. The van der Waals surface area contributed by atoms with E-state index in [9.17, 15) is 0 Å². The summed E-state index contributed by atoms with van der Waals surface area (Å²) >= 11 is 3.57. The van der Waals surface area contributed by atoms with Gasteiger partial charge in [0.25, 0.3) is 0 Å². The summed E-state index contributed by atoms with van der Waals surface area (Å²) in [6, 6.07) is 24.8. The molecule has 142 valence electrons. The van der Waals surface area contributed by atoms with Gasteiger partial charge in [0.05, 0.1) is 17.6 Å². The van der Waals surface area contributed by atoms with Crippen molar-refractivity contribution in [2.45, 2.75) is 26.3 Å². The van der Waals surface area contributed by atoms with E-state index in [1.54, 1.807) is 0 Å². The van der Waals surface area contributed by atoms with E-state index in [1.807, 2.05) is 24.3 Å². The Hall–Kier alpha value is -2.59. The predicted octanol–water partition coefficient (Wildman–Crippen LogP) is 6.67. The number of fused-ring (bicyclic) bond motifs is 1. The van der Waals surface area contributed by atoms with Crippen molar-refractivity contribution in [1.82, 2.24) is 9.55 Å². The summed E-state index contributed by atoms with van der Waals surface area (Å²) in [5.74, 6) is 2.36. The molecule has 0 saturated heterocycles. The highest BCUT2D eigenvalue weighted by molar-refractivity contribution is 9.10. The molecule has 0 bridgehead atoms.